The van der Waals surface area contributed by atoms with Gasteiger partial charge in [-0.3, -0.25) is 14.4 Å². The third-order valence-electron chi connectivity index (χ3n) is 6.82. The number of aliphatic hydroxyl groups is 1. The smallest absolute Gasteiger partial charge is 0.303 e. The van der Waals surface area contributed by atoms with Crippen molar-refractivity contribution in [2.75, 3.05) is 12.5 Å². The van der Waals surface area contributed by atoms with E-state index >= 15 is 0 Å². The van der Waals surface area contributed by atoms with E-state index in [1.165, 1.54) is 71.1 Å². The largest absolute Gasteiger partial charge is 0.507 e. The number of allylic oxidation sites excluding steroid dienone is 1. The molecule has 1 N–H and O–H groups in total. The zero-order valence-electron chi connectivity index (χ0n) is 22.4. The molecule has 0 aromatic rings. The Morgan fingerprint density at radius 2 is 1.43 bits per heavy atom. The van der Waals surface area contributed by atoms with Crippen molar-refractivity contribution in [3.05, 3.63) is 11.3 Å². The number of carbonyl (C=O) groups excluding carboxylic acids is 3. The Morgan fingerprint density at radius 1 is 0.914 bits per heavy atom. The van der Waals surface area contributed by atoms with Crippen LogP contribution in [0.1, 0.15) is 117 Å². The lowest BCUT2D eigenvalue weighted by Gasteiger charge is -2.24. The van der Waals surface area contributed by atoms with Crippen LogP contribution < -0.4 is 0 Å². The van der Waals surface area contributed by atoms with Gasteiger partial charge in [0.2, 0.25) is 0 Å². The standard InChI is InChI=1S/C28H48O5S2/c1-5-6-7-14-17-25(34-3)26(35-4)18-15-12-10-8-9-11-13-16-22(30)27-23(31)19-20-24(28(27)32)33-21(2)29/h24-26,32H,5-20H2,1-4H3/t24-,25?,26?/m0/s1. The SMILES string of the molecule is CCCCCCC(SC)C(CCCCCCCCCC(=O)C1=C(O)[C@@H](OC(C)=O)CCC1=O)SC. The van der Waals surface area contributed by atoms with Crippen LogP contribution in [0.25, 0.3) is 0 Å². The minimum atomic E-state index is -0.873. The van der Waals surface area contributed by atoms with Crippen molar-refractivity contribution in [1.29, 1.82) is 0 Å². The number of ketones is 2. The maximum absolute atomic E-state index is 12.5. The lowest BCUT2D eigenvalue weighted by molar-refractivity contribution is -0.147. The van der Waals surface area contributed by atoms with Crippen LogP contribution in [-0.2, 0) is 19.1 Å². The average molecular weight is 529 g/mol. The summed E-state index contributed by atoms with van der Waals surface area (Å²) in [6, 6.07) is 0. The van der Waals surface area contributed by atoms with Crippen LogP contribution in [0.15, 0.2) is 11.3 Å². The first-order valence-electron chi connectivity index (χ1n) is 13.6. The van der Waals surface area contributed by atoms with Crippen molar-refractivity contribution in [1.82, 2.24) is 0 Å². The second kappa shape index (κ2) is 19.2. The summed E-state index contributed by atoms with van der Waals surface area (Å²) >= 11 is 4.08. The van der Waals surface area contributed by atoms with Gasteiger partial charge in [-0.15, -0.1) is 0 Å². The van der Waals surface area contributed by atoms with Gasteiger partial charge in [-0.25, -0.2) is 0 Å². The highest BCUT2D eigenvalue weighted by Gasteiger charge is 2.33. The molecule has 0 aromatic carbocycles. The highest BCUT2D eigenvalue weighted by Crippen LogP contribution is 2.30. The Balaban J connectivity index is 2.22. The van der Waals surface area contributed by atoms with E-state index in [4.69, 9.17) is 4.74 Å². The Hall–Kier alpha value is -0.950. The lowest BCUT2D eigenvalue weighted by Crippen LogP contribution is -2.30. The van der Waals surface area contributed by atoms with Crippen LogP contribution in [0, 0.1) is 0 Å². The molecule has 35 heavy (non-hydrogen) atoms. The van der Waals surface area contributed by atoms with Gasteiger partial charge < -0.3 is 9.84 Å². The maximum Gasteiger partial charge on any atom is 0.303 e. The molecule has 1 aliphatic rings. The highest BCUT2D eigenvalue weighted by atomic mass is 32.2. The Morgan fingerprint density at radius 3 is 1.94 bits per heavy atom. The summed E-state index contributed by atoms with van der Waals surface area (Å²) < 4.78 is 5.04. The fraction of sp³-hybridized carbons (Fsp3) is 0.821. The van der Waals surface area contributed by atoms with Gasteiger partial charge in [-0.2, -0.15) is 23.5 Å². The first-order valence-corrected chi connectivity index (χ1v) is 16.2. The van der Waals surface area contributed by atoms with E-state index < -0.39 is 12.1 Å². The van der Waals surface area contributed by atoms with E-state index in [1.54, 1.807) is 0 Å². The van der Waals surface area contributed by atoms with Crippen molar-refractivity contribution in [3.8, 4) is 0 Å². The maximum atomic E-state index is 12.5. The fourth-order valence-corrected chi connectivity index (χ4v) is 7.12. The average Bonchev–Trinajstić information content (AvgIpc) is 2.83. The number of aliphatic hydroxyl groups excluding tert-OH is 1. The molecule has 202 valence electrons. The summed E-state index contributed by atoms with van der Waals surface area (Å²) in [6.07, 6.45) is 20.0. The molecule has 0 amide bonds. The second-order valence-corrected chi connectivity index (χ2v) is 11.8. The van der Waals surface area contributed by atoms with Crippen LogP contribution >= 0.6 is 23.5 Å². The molecule has 2 unspecified atom stereocenters. The molecule has 5 nitrogen and oxygen atoms in total. The van der Waals surface area contributed by atoms with E-state index in [0.717, 1.165) is 23.3 Å². The predicted octanol–water partition coefficient (Wildman–Crippen LogP) is 7.61. The summed E-state index contributed by atoms with van der Waals surface area (Å²) in [4.78, 5) is 35.8. The van der Waals surface area contributed by atoms with Crippen molar-refractivity contribution < 1.29 is 24.2 Å². The summed E-state index contributed by atoms with van der Waals surface area (Å²) in [5.41, 5.74) is -0.153. The van der Waals surface area contributed by atoms with E-state index in [1.807, 2.05) is 23.5 Å². The summed E-state index contributed by atoms with van der Waals surface area (Å²) in [5.74, 6) is -1.57. The third kappa shape index (κ3) is 12.7. The molecular weight excluding hydrogens is 480 g/mol. The molecule has 0 fully saturated rings. The zero-order chi connectivity index (χ0) is 26.1. The Labute approximate surface area is 222 Å². The second-order valence-electron chi connectivity index (χ2n) is 9.65. The molecule has 0 radical (unpaired) electrons. The van der Waals surface area contributed by atoms with E-state index in [-0.39, 0.29) is 42.2 Å². The van der Waals surface area contributed by atoms with E-state index in [9.17, 15) is 19.5 Å². The number of hydrogen-bond acceptors (Lipinski definition) is 7. The topological polar surface area (TPSA) is 80.7 Å². The van der Waals surface area contributed by atoms with Crippen molar-refractivity contribution in [3.63, 3.8) is 0 Å². The highest BCUT2D eigenvalue weighted by molar-refractivity contribution is 8.03. The fourth-order valence-electron chi connectivity index (χ4n) is 4.76. The van der Waals surface area contributed by atoms with Gasteiger partial charge in [0.05, 0.1) is 0 Å². The molecule has 3 atom stereocenters. The molecule has 1 aliphatic carbocycles. The molecule has 0 aliphatic heterocycles. The number of rotatable bonds is 20. The first-order chi connectivity index (χ1) is 16.8. The molecule has 0 saturated carbocycles. The molecule has 0 saturated heterocycles. The number of thioether (sulfide) groups is 2. The summed E-state index contributed by atoms with van der Waals surface area (Å²) in [6.45, 7) is 3.52. The predicted molar refractivity (Wildman–Crippen MR) is 149 cm³/mol. The van der Waals surface area contributed by atoms with Crippen LogP contribution in [0.2, 0.25) is 0 Å². The van der Waals surface area contributed by atoms with Gasteiger partial charge >= 0.3 is 5.97 Å². The third-order valence-corrected chi connectivity index (χ3v) is 9.33. The molecule has 0 spiro atoms. The number of esters is 1. The van der Waals surface area contributed by atoms with Gasteiger partial charge in [0.25, 0.3) is 0 Å². The number of ether oxygens (including phenoxy) is 1. The number of unbranched alkanes of at least 4 members (excludes halogenated alkanes) is 9. The lowest BCUT2D eigenvalue weighted by atomic mass is 9.89. The van der Waals surface area contributed by atoms with Gasteiger partial charge in [0.15, 0.2) is 17.7 Å². The van der Waals surface area contributed by atoms with Crippen molar-refractivity contribution in [2.24, 2.45) is 0 Å². The van der Waals surface area contributed by atoms with Gasteiger partial charge in [0.1, 0.15) is 11.3 Å². The van der Waals surface area contributed by atoms with Crippen LogP contribution in [0.3, 0.4) is 0 Å². The normalized spacial score (nSPS) is 17.9. The van der Waals surface area contributed by atoms with E-state index in [0.29, 0.717) is 6.42 Å². The zero-order valence-corrected chi connectivity index (χ0v) is 24.1. The summed E-state index contributed by atoms with van der Waals surface area (Å²) in [7, 11) is 0. The van der Waals surface area contributed by atoms with Gasteiger partial charge in [-0.05, 0) is 38.2 Å². The molecular formula is C28H48O5S2. The van der Waals surface area contributed by atoms with E-state index in [2.05, 4.69) is 19.4 Å². The van der Waals surface area contributed by atoms with Gasteiger partial charge in [0, 0.05) is 30.3 Å². The molecule has 0 bridgehead atoms. The van der Waals surface area contributed by atoms with Crippen LogP contribution in [-0.4, -0.2) is 51.8 Å². The quantitative estimate of drug-likeness (QED) is 0.0989. The summed E-state index contributed by atoms with van der Waals surface area (Å²) in [5, 5.41) is 11.8. The number of Topliss-reactive ketones (excluding diaryl/α,β-unsaturated/α-hetero) is 2. The van der Waals surface area contributed by atoms with Crippen LogP contribution in [0.5, 0.6) is 0 Å². The Bertz CT molecular complexity index is 676. The minimum absolute atomic E-state index is 0.122. The molecule has 0 heterocycles. The molecule has 1 rings (SSSR count). The molecule has 7 heteroatoms. The van der Waals surface area contributed by atoms with Crippen molar-refractivity contribution in [2.45, 2.75) is 133 Å². The first kappa shape index (κ1) is 32.1. The minimum Gasteiger partial charge on any atom is -0.507 e. The van der Waals surface area contributed by atoms with Crippen molar-refractivity contribution >= 4 is 41.1 Å². The van der Waals surface area contributed by atoms with Crippen LogP contribution in [0.4, 0.5) is 0 Å². The Kier molecular flexibility index (Phi) is 17.6. The molecule has 0 aromatic heterocycles. The van der Waals surface area contributed by atoms with Gasteiger partial charge in [-0.1, -0.05) is 71.1 Å². The number of hydrogen-bond donors (Lipinski definition) is 1. The monoisotopic (exact) mass is 528 g/mol. The number of carbonyl (C=O) groups is 3.